The van der Waals surface area contributed by atoms with Crippen molar-refractivity contribution in [1.29, 1.82) is 0 Å². The van der Waals surface area contributed by atoms with Gasteiger partial charge in [0.1, 0.15) is 0 Å². The summed E-state index contributed by atoms with van der Waals surface area (Å²) in [6.07, 6.45) is 5.80. The van der Waals surface area contributed by atoms with Gasteiger partial charge in [-0.1, -0.05) is 22.4 Å². The molecule has 1 amide bonds. The third kappa shape index (κ3) is 1.82. The predicted molar refractivity (Wildman–Crippen MR) is 51.2 cm³/mol. The number of rotatable bonds is 2. The molecule has 0 bridgehead atoms. The summed E-state index contributed by atoms with van der Waals surface area (Å²) in [7, 11) is 0. The van der Waals surface area contributed by atoms with Crippen molar-refractivity contribution in [3.8, 4) is 0 Å². The van der Waals surface area contributed by atoms with Crippen molar-refractivity contribution >= 4 is 21.8 Å². The first-order chi connectivity index (χ1) is 5.77. The molecule has 0 heterocycles. The highest BCUT2D eigenvalue weighted by Gasteiger charge is 2.33. The van der Waals surface area contributed by atoms with Gasteiger partial charge in [-0.15, -0.1) is 0 Å². The lowest BCUT2D eigenvalue weighted by Gasteiger charge is -2.15. The van der Waals surface area contributed by atoms with E-state index in [1.54, 1.807) is 0 Å². The second-order valence-corrected chi connectivity index (χ2v) is 5.01. The second kappa shape index (κ2) is 3.36. The van der Waals surface area contributed by atoms with E-state index in [4.69, 9.17) is 0 Å². The molecule has 2 fully saturated rings. The fourth-order valence-corrected chi connectivity index (χ4v) is 2.44. The van der Waals surface area contributed by atoms with Crippen LogP contribution in [0.5, 0.6) is 0 Å². The van der Waals surface area contributed by atoms with Crippen LogP contribution in [0.2, 0.25) is 0 Å². The quantitative estimate of drug-likeness (QED) is 0.723. The summed E-state index contributed by atoms with van der Waals surface area (Å²) >= 11 is 3.59. The molecule has 0 aromatic rings. The predicted octanol–water partition coefficient (Wildman–Crippen LogP) is 1.83. The Hall–Kier alpha value is -0.0500. The van der Waals surface area contributed by atoms with Crippen LogP contribution in [0.1, 0.15) is 32.1 Å². The summed E-state index contributed by atoms with van der Waals surface area (Å²) < 4.78 is 0. The third-order valence-corrected chi connectivity index (χ3v) is 3.80. The SMILES string of the molecule is O=C(NC1CCCC1Br)C1CC1. The summed E-state index contributed by atoms with van der Waals surface area (Å²) in [6.45, 7) is 0. The molecule has 0 aromatic carbocycles. The molecule has 3 heteroatoms. The van der Waals surface area contributed by atoms with Crippen LogP contribution >= 0.6 is 15.9 Å². The molecule has 2 unspecified atom stereocenters. The highest BCUT2D eigenvalue weighted by atomic mass is 79.9. The van der Waals surface area contributed by atoms with Gasteiger partial charge in [0.15, 0.2) is 0 Å². The number of nitrogens with one attached hydrogen (secondary N) is 1. The number of amides is 1. The number of halogens is 1. The van der Waals surface area contributed by atoms with Crippen LogP contribution in [-0.2, 0) is 4.79 Å². The molecule has 2 rings (SSSR count). The Morgan fingerprint density at radius 3 is 2.50 bits per heavy atom. The Morgan fingerprint density at radius 2 is 2.00 bits per heavy atom. The fourth-order valence-electron chi connectivity index (χ4n) is 1.72. The van der Waals surface area contributed by atoms with Crippen molar-refractivity contribution in [2.24, 2.45) is 5.92 Å². The molecule has 1 N–H and O–H groups in total. The lowest BCUT2D eigenvalue weighted by atomic mass is 10.2. The molecule has 68 valence electrons. The Morgan fingerprint density at radius 1 is 1.25 bits per heavy atom. The molecule has 0 radical (unpaired) electrons. The summed E-state index contributed by atoms with van der Waals surface area (Å²) in [5.41, 5.74) is 0. The zero-order valence-electron chi connectivity index (χ0n) is 7.05. The van der Waals surface area contributed by atoms with E-state index in [1.807, 2.05) is 0 Å². The van der Waals surface area contributed by atoms with Crippen LogP contribution < -0.4 is 5.32 Å². The van der Waals surface area contributed by atoms with Crippen molar-refractivity contribution in [1.82, 2.24) is 5.32 Å². The van der Waals surface area contributed by atoms with Crippen LogP contribution in [0, 0.1) is 5.92 Å². The maximum absolute atomic E-state index is 11.4. The molecule has 2 aliphatic carbocycles. The molecular weight excluding hydrogens is 218 g/mol. The molecule has 0 saturated heterocycles. The van der Waals surface area contributed by atoms with Gasteiger partial charge in [0.05, 0.1) is 0 Å². The number of hydrogen-bond acceptors (Lipinski definition) is 1. The van der Waals surface area contributed by atoms with Gasteiger partial charge < -0.3 is 5.32 Å². The third-order valence-electron chi connectivity index (χ3n) is 2.71. The molecule has 0 aliphatic heterocycles. The maximum Gasteiger partial charge on any atom is 0.223 e. The van der Waals surface area contributed by atoms with Gasteiger partial charge in [0.2, 0.25) is 5.91 Å². The van der Waals surface area contributed by atoms with Crippen LogP contribution in [-0.4, -0.2) is 16.8 Å². The van der Waals surface area contributed by atoms with Crippen LogP contribution in [0.4, 0.5) is 0 Å². The lowest BCUT2D eigenvalue weighted by Crippen LogP contribution is -2.38. The topological polar surface area (TPSA) is 29.1 Å². The van der Waals surface area contributed by atoms with Gasteiger partial charge >= 0.3 is 0 Å². The molecule has 2 aliphatic rings. The first kappa shape index (κ1) is 8.54. The number of carbonyl (C=O) groups excluding carboxylic acids is 1. The van der Waals surface area contributed by atoms with E-state index in [0.717, 1.165) is 19.3 Å². The molecule has 12 heavy (non-hydrogen) atoms. The van der Waals surface area contributed by atoms with Crippen LogP contribution in [0.3, 0.4) is 0 Å². The van der Waals surface area contributed by atoms with E-state index in [-0.39, 0.29) is 5.91 Å². The summed E-state index contributed by atoms with van der Waals surface area (Å²) in [4.78, 5) is 11.9. The van der Waals surface area contributed by atoms with Gasteiger partial charge in [0, 0.05) is 16.8 Å². The standard InChI is InChI=1S/C9H14BrNO/c10-7-2-1-3-8(7)11-9(12)6-4-5-6/h6-8H,1-5H2,(H,11,12). The average molecular weight is 232 g/mol. The first-order valence-corrected chi connectivity index (χ1v) is 5.63. The van der Waals surface area contributed by atoms with Gasteiger partial charge in [-0.05, 0) is 25.7 Å². The monoisotopic (exact) mass is 231 g/mol. The van der Waals surface area contributed by atoms with E-state index in [9.17, 15) is 4.79 Å². The van der Waals surface area contributed by atoms with E-state index in [0.29, 0.717) is 16.8 Å². The molecule has 2 nitrogen and oxygen atoms in total. The van der Waals surface area contributed by atoms with E-state index in [1.165, 1.54) is 12.8 Å². The summed E-state index contributed by atoms with van der Waals surface area (Å²) in [5, 5.41) is 3.10. The summed E-state index contributed by atoms with van der Waals surface area (Å²) in [6, 6.07) is 0.401. The Kier molecular flexibility index (Phi) is 2.40. The number of alkyl halides is 1. The fraction of sp³-hybridized carbons (Fsp3) is 0.889. The Labute approximate surface area is 81.2 Å². The van der Waals surface area contributed by atoms with Crippen molar-refractivity contribution in [3.63, 3.8) is 0 Å². The molecule has 2 atom stereocenters. The van der Waals surface area contributed by atoms with Crippen molar-refractivity contribution < 1.29 is 4.79 Å². The smallest absolute Gasteiger partial charge is 0.223 e. The van der Waals surface area contributed by atoms with Crippen LogP contribution in [0.15, 0.2) is 0 Å². The van der Waals surface area contributed by atoms with Gasteiger partial charge in [-0.2, -0.15) is 0 Å². The zero-order valence-corrected chi connectivity index (χ0v) is 8.64. The molecule has 0 aromatic heterocycles. The van der Waals surface area contributed by atoms with Crippen molar-refractivity contribution in [3.05, 3.63) is 0 Å². The average Bonchev–Trinajstić information content (AvgIpc) is 2.80. The molecule has 2 saturated carbocycles. The van der Waals surface area contributed by atoms with Crippen LogP contribution in [0.25, 0.3) is 0 Å². The molecular formula is C9H14BrNO. The summed E-state index contributed by atoms with van der Waals surface area (Å²) in [5.74, 6) is 0.636. The van der Waals surface area contributed by atoms with E-state index >= 15 is 0 Å². The van der Waals surface area contributed by atoms with E-state index < -0.39 is 0 Å². The second-order valence-electron chi connectivity index (χ2n) is 3.84. The minimum atomic E-state index is 0.284. The van der Waals surface area contributed by atoms with E-state index in [2.05, 4.69) is 21.2 Å². The first-order valence-electron chi connectivity index (χ1n) is 4.72. The van der Waals surface area contributed by atoms with Crippen molar-refractivity contribution in [2.45, 2.75) is 43.0 Å². The maximum atomic E-state index is 11.4. The van der Waals surface area contributed by atoms with Crippen molar-refractivity contribution in [2.75, 3.05) is 0 Å². The minimum Gasteiger partial charge on any atom is -0.352 e. The molecule has 0 spiro atoms. The number of hydrogen-bond donors (Lipinski definition) is 1. The largest absolute Gasteiger partial charge is 0.352 e. The Bertz CT molecular complexity index is 191. The Balaban J connectivity index is 1.80. The van der Waals surface area contributed by atoms with Gasteiger partial charge in [0.25, 0.3) is 0 Å². The zero-order chi connectivity index (χ0) is 8.55. The van der Waals surface area contributed by atoms with Gasteiger partial charge in [-0.3, -0.25) is 4.79 Å². The van der Waals surface area contributed by atoms with Gasteiger partial charge in [-0.25, -0.2) is 0 Å². The lowest BCUT2D eigenvalue weighted by molar-refractivity contribution is -0.122. The normalized spacial score (nSPS) is 35.1. The number of carbonyl (C=O) groups is 1. The highest BCUT2D eigenvalue weighted by Crippen LogP contribution is 2.31. The highest BCUT2D eigenvalue weighted by molar-refractivity contribution is 9.09. The minimum absolute atomic E-state index is 0.284.